The maximum Gasteiger partial charge on any atom is 0.310 e. The van der Waals surface area contributed by atoms with Gasteiger partial charge >= 0.3 is 5.97 Å². The van der Waals surface area contributed by atoms with Crippen molar-refractivity contribution in [2.75, 3.05) is 19.7 Å². The Balaban J connectivity index is 1.80. The van der Waals surface area contributed by atoms with Crippen LogP contribution >= 0.6 is 15.9 Å². The lowest BCUT2D eigenvalue weighted by molar-refractivity contribution is -0.148. The topological polar surface area (TPSA) is 29.5 Å². The van der Waals surface area contributed by atoms with Crippen LogP contribution in [0.4, 0.5) is 0 Å². The van der Waals surface area contributed by atoms with E-state index in [9.17, 15) is 4.79 Å². The summed E-state index contributed by atoms with van der Waals surface area (Å²) < 4.78 is 6.37. The summed E-state index contributed by atoms with van der Waals surface area (Å²) in [5.74, 6) is -0.0220. The Morgan fingerprint density at radius 1 is 1.17 bits per heavy atom. The number of hydrogen-bond acceptors (Lipinski definition) is 3. The van der Waals surface area contributed by atoms with Gasteiger partial charge in [-0.15, -0.1) is 0 Å². The summed E-state index contributed by atoms with van der Waals surface area (Å²) in [6, 6.07) is 18.7. The van der Waals surface area contributed by atoms with Crippen LogP contribution < -0.4 is 0 Å². The predicted molar refractivity (Wildman–Crippen MR) is 98.7 cm³/mol. The van der Waals surface area contributed by atoms with Crippen molar-refractivity contribution >= 4 is 21.9 Å². The van der Waals surface area contributed by atoms with Crippen molar-refractivity contribution in [3.05, 3.63) is 70.2 Å². The number of likely N-dealkylation sites (tertiary alicyclic amines) is 1. The minimum absolute atomic E-state index is 0.0852. The minimum atomic E-state index is -0.108. The van der Waals surface area contributed by atoms with Crippen LogP contribution in [0.1, 0.15) is 24.0 Å². The van der Waals surface area contributed by atoms with Crippen molar-refractivity contribution in [3.8, 4) is 0 Å². The van der Waals surface area contributed by atoms with Crippen LogP contribution in [0.5, 0.6) is 0 Å². The van der Waals surface area contributed by atoms with Crippen LogP contribution in [0.2, 0.25) is 0 Å². The average Bonchev–Trinajstić information content (AvgIpc) is 3.00. The molecule has 0 saturated carbocycles. The Morgan fingerprint density at radius 3 is 2.67 bits per heavy atom. The van der Waals surface area contributed by atoms with Crippen LogP contribution in [0.15, 0.2) is 59.1 Å². The fraction of sp³-hybridized carbons (Fsp3) is 0.350. The van der Waals surface area contributed by atoms with Crippen molar-refractivity contribution < 1.29 is 9.53 Å². The van der Waals surface area contributed by atoms with Gasteiger partial charge < -0.3 is 4.74 Å². The molecule has 126 valence electrons. The third-order valence-corrected chi connectivity index (χ3v) is 5.00. The molecule has 1 aliphatic heterocycles. The highest BCUT2D eigenvalue weighted by atomic mass is 79.9. The summed E-state index contributed by atoms with van der Waals surface area (Å²) in [5.41, 5.74) is 2.47. The quantitative estimate of drug-likeness (QED) is 0.718. The standard InChI is InChI=1S/C20H22BrNO2/c1-2-24-20(23)19-14-22(12-15-7-4-3-5-8-15)13-18(19)16-9-6-10-17(21)11-16/h3-11,18-19H,2,12-14H2,1H3. The molecule has 1 saturated heterocycles. The zero-order valence-electron chi connectivity index (χ0n) is 13.8. The lowest BCUT2D eigenvalue weighted by Gasteiger charge is -2.17. The van der Waals surface area contributed by atoms with Crippen molar-refractivity contribution in [2.24, 2.45) is 5.92 Å². The number of carbonyl (C=O) groups is 1. The highest BCUT2D eigenvalue weighted by molar-refractivity contribution is 9.10. The first-order chi connectivity index (χ1) is 11.7. The van der Waals surface area contributed by atoms with Gasteiger partial charge in [-0.1, -0.05) is 58.4 Å². The normalized spacial score (nSPS) is 20.9. The highest BCUT2D eigenvalue weighted by Gasteiger charge is 2.39. The molecule has 3 rings (SSSR count). The number of nitrogens with zero attached hydrogens (tertiary/aromatic N) is 1. The van der Waals surface area contributed by atoms with E-state index >= 15 is 0 Å². The second kappa shape index (κ2) is 7.95. The second-order valence-corrected chi connectivity index (χ2v) is 7.12. The Morgan fingerprint density at radius 2 is 1.96 bits per heavy atom. The first-order valence-corrected chi connectivity index (χ1v) is 9.15. The summed E-state index contributed by atoms with van der Waals surface area (Å²) >= 11 is 3.54. The van der Waals surface area contributed by atoms with Crippen LogP contribution in [-0.2, 0) is 16.1 Å². The van der Waals surface area contributed by atoms with E-state index < -0.39 is 0 Å². The summed E-state index contributed by atoms with van der Waals surface area (Å²) in [7, 11) is 0. The van der Waals surface area contributed by atoms with Crippen molar-refractivity contribution in [2.45, 2.75) is 19.4 Å². The van der Waals surface area contributed by atoms with E-state index in [-0.39, 0.29) is 17.8 Å². The van der Waals surface area contributed by atoms with Crippen LogP contribution in [-0.4, -0.2) is 30.6 Å². The molecule has 0 N–H and O–H groups in total. The van der Waals surface area contributed by atoms with E-state index in [0.29, 0.717) is 6.61 Å². The second-order valence-electron chi connectivity index (χ2n) is 6.20. The molecule has 0 aromatic heterocycles. The van der Waals surface area contributed by atoms with E-state index in [1.54, 1.807) is 0 Å². The summed E-state index contributed by atoms with van der Waals surface area (Å²) in [6.45, 7) is 4.77. The maximum absolute atomic E-state index is 12.5. The molecule has 0 amide bonds. The fourth-order valence-electron chi connectivity index (χ4n) is 3.42. The molecular formula is C20H22BrNO2. The van der Waals surface area contributed by atoms with E-state index in [2.05, 4.69) is 57.2 Å². The third-order valence-electron chi connectivity index (χ3n) is 4.51. The zero-order valence-corrected chi connectivity index (χ0v) is 15.4. The van der Waals surface area contributed by atoms with Crippen molar-refractivity contribution in [1.82, 2.24) is 4.90 Å². The summed E-state index contributed by atoms with van der Waals surface area (Å²) in [6.07, 6.45) is 0. The molecule has 0 aliphatic carbocycles. The number of ether oxygens (including phenoxy) is 1. The smallest absolute Gasteiger partial charge is 0.310 e. The molecule has 0 spiro atoms. The number of carbonyl (C=O) groups excluding carboxylic acids is 1. The monoisotopic (exact) mass is 387 g/mol. The molecule has 0 bridgehead atoms. The molecule has 2 aromatic rings. The molecular weight excluding hydrogens is 366 g/mol. The molecule has 2 atom stereocenters. The number of benzene rings is 2. The minimum Gasteiger partial charge on any atom is -0.466 e. The molecule has 3 nitrogen and oxygen atoms in total. The molecule has 0 radical (unpaired) electrons. The molecule has 1 fully saturated rings. The molecule has 1 aliphatic rings. The van der Waals surface area contributed by atoms with Crippen molar-refractivity contribution in [3.63, 3.8) is 0 Å². The number of rotatable bonds is 5. The fourth-order valence-corrected chi connectivity index (χ4v) is 3.84. The van der Waals surface area contributed by atoms with Gasteiger partial charge in [0.25, 0.3) is 0 Å². The first kappa shape index (κ1) is 17.2. The predicted octanol–water partition coefficient (Wildman–Crippen LogP) is 4.23. The number of esters is 1. The van der Waals surface area contributed by atoms with Gasteiger partial charge in [-0.3, -0.25) is 9.69 Å². The summed E-state index contributed by atoms with van der Waals surface area (Å²) in [5, 5.41) is 0. The van der Waals surface area contributed by atoms with Crippen LogP contribution in [0, 0.1) is 5.92 Å². The highest BCUT2D eigenvalue weighted by Crippen LogP contribution is 2.35. The van der Waals surface area contributed by atoms with E-state index in [1.807, 2.05) is 25.1 Å². The van der Waals surface area contributed by atoms with Gasteiger partial charge in [-0.25, -0.2) is 0 Å². The molecule has 2 unspecified atom stereocenters. The first-order valence-electron chi connectivity index (χ1n) is 8.35. The molecule has 2 aromatic carbocycles. The maximum atomic E-state index is 12.5. The SMILES string of the molecule is CCOC(=O)C1CN(Cc2ccccc2)CC1c1cccc(Br)c1. The van der Waals surface area contributed by atoms with Gasteiger partial charge in [0, 0.05) is 30.0 Å². The van der Waals surface area contributed by atoms with Crippen LogP contribution in [0.3, 0.4) is 0 Å². The Labute approximate surface area is 151 Å². The Bertz CT molecular complexity index is 689. The van der Waals surface area contributed by atoms with Crippen molar-refractivity contribution in [1.29, 1.82) is 0 Å². The van der Waals surface area contributed by atoms with Gasteiger partial charge in [-0.2, -0.15) is 0 Å². The van der Waals surface area contributed by atoms with E-state index in [1.165, 1.54) is 11.1 Å². The number of halogens is 1. The Hall–Kier alpha value is -1.65. The van der Waals surface area contributed by atoms with E-state index in [4.69, 9.17) is 4.74 Å². The lowest BCUT2D eigenvalue weighted by Crippen LogP contribution is -2.25. The zero-order chi connectivity index (χ0) is 16.9. The van der Waals surface area contributed by atoms with Gasteiger partial charge in [-0.05, 0) is 30.2 Å². The van der Waals surface area contributed by atoms with Gasteiger partial charge in [0.15, 0.2) is 0 Å². The lowest BCUT2D eigenvalue weighted by atomic mass is 9.89. The molecule has 24 heavy (non-hydrogen) atoms. The molecule has 4 heteroatoms. The van der Waals surface area contributed by atoms with Gasteiger partial charge in [0.2, 0.25) is 0 Å². The Kier molecular flexibility index (Phi) is 5.69. The summed E-state index contributed by atoms with van der Waals surface area (Å²) in [4.78, 5) is 14.8. The average molecular weight is 388 g/mol. The van der Waals surface area contributed by atoms with Gasteiger partial charge in [0.05, 0.1) is 12.5 Å². The van der Waals surface area contributed by atoms with E-state index in [0.717, 1.165) is 24.1 Å². The largest absolute Gasteiger partial charge is 0.466 e. The third kappa shape index (κ3) is 4.05. The molecule has 1 heterocycles. The van der Waals surface area contributed by atoms with Gasteiger partial charge in [0.1, 0.15) is 0 Å². The van der Waals surface area contributed by atoms with Crippen LogP contribution in [0.25, 0.3) is 0 Å². The number of hydrogen-bond donors (Lipinski definition) is 0.